The molecule has 0 radical (unpaired) electrons. The van der Waals surface area contributed by atoms with Gasteiger partial charge < -0.3 is 14.6 Å². The minimum atomic E-state index is -0.556. The van der Waals surface area contributed by atoms with Crippen molar-refractivity contribution in [3.8, 4) is 0 Å². The Kier molecular flexibility index (Phi) is 4.69. The third-order valence-electron chi connectivity index (χ3n) is 12.7. The van der Waals surface area contributed by atoms with Crippen LogP contribution in [0.1, 0.15) is 106 Å². The maximum absolute atomic E-state index is 11.7. The zero-order valence-corrected chi connectivity index (χ0v) is 21.8. The number of aliphatic hydroxyl groups is 1. The number of hydrogen-bond acceptors (Lipinski definition) is 4. The molecule has 2 spiro atoms. The van der Waals surface area contributed by atoms with Crippen molar-refractivity contribution in [3.63, 3.8) is 0 Å². The first kappa shape index (κ1) is 22.8. The Hall–Kier alpha value is -0.610. The number of hydrogen-bond donors (Lipinski definition) is 1. The van der Waals surface area contributed by atoms with Crippen molar-refractivity contribution in [3.05, 3.63) is 0 Å². The van der Waals surface area contributed by atoms with Gasteiger partial charge in [-0.05, 0) is 123 Å². The zero-order chi connectivity index (χ0) is 23.6. The van der Waals surface area contributed by atoms with E-state index in [0.717, 1.165) is 24.7 Å². The number of ether oxygens (including phenoxy) is 2. The molecule has 1 aliphatic heterocycles. The van der Waals surface area contributed by atoms with Crippen molar-refractivity contribution in [1.82, 2.24) is 0 Å². The monoisotopic (exact) mass is 458 g/mol. The van der Waals surface area contributed by atoms with Crippen LogP contribution in [0.2, 0.25) is 0 Å². The summed E-state index contributed by atoms with van der Waals surface area (Å²) >= 11 is 0. The summed E-state index contributed by atoms with van der Waals surface area (Å²) in [6, 6.07) is 0. The van der Waals surface area contributed by atoms with E-state index in [-0.39, 0.29) is 23.6 Å². The van der Waals surface area contributed by atoms with Gasteiger partial charge >= 0.3 is 5.97 Å². The fraction of sp³-hybridized carbons (Fsp3) is 0.966. The van der Waals surface area contributed by atoms with Crippen LogP contribution in [0.5, 0.6) is 0 Å². The lowest BCUT2D eigenvalue weighted by molar-refractivity contribution is -0.192. The van der Waals surface area contributed by atoms with E-state index in [1.807, 2.05) is 13.8 Å². The quantitative estimate of drug-likeness (QED) is 0.524. The molecule has 0 aromatic heterocycles. The van der Waals surface area contributed by atoms with E-state index < -0.39 is 5.60 Å². The lowest BCUT2D eigenvalue weighted by Gasteiger charge is -2.59. The molecule has 6 aliphatic rings. The Morgan fingerprint density at radius 3 is 2.39 bits per heavy atom. The first-order valence-electron chi connectivity index (χ1n) is 13.9. The van der Waals surface area contributed by atoms with Crippen molar-refractivity contribution in [2.75, 3.05) is 0 Å². The summed E-state index contributed by atoms with van der Waals surface area (Å²) in [5.41, 5.74) is 0.961. The number of carbonyl (C=O) groups is 1. The highest BCUT2D eigenvalue weighted by atomic mass is 16.6. The van der Waals surface area contributed by atoms with Crippen LogP contribution >= 0.6 is 0 Å². The van der Waals surface area contributed by atoms with Gasteiger partial charge in [0, 0.05) is 6.92 Å². The molecule has 7 unspecified atom stereocenters. The molecular formula is C29H46O4. The second kappa shape index (κ2) is 6.78. The molecule has 5 saturated carbocycles. The number of rotatable bonds is 2. The predicted octanol–water partition coefficient (Wildman–Crippen LogP) is 5.90. The molecule has 5 aliphatic carbocycles. The third kappa shape index (κ3) is 2.80. The average Bonchev–Trinajstić information content (AvgIpc) is 3.30. The first-order valence-corrected chi connectivity index (χ1v) is 13.9. The van der Waals surface area contributed by atoms with Gasteiger partial charge in [0.15, 0.2) is 0 Å². The largest absolute Gasteiger partial charge is 0.457 e. The Morgan fingerprint density at radius 1 is 0.939 bits per heavy atom. The second-order valence-electron chi connectivity index (χ2n) is 14.5. The van der Waals surface area contributed by atoms with Crippen LogP contribution in [-0.2, 0) is 14.3 Å². The zero-order valence-electron chi connectivity index (χ0n) is 21.8. The van der Waals surface area contributed by atoms with Crippen LogP contribution in [0, 0.1) is 45.3 Å². The molecule has 4 nitrogen and oxygen atoms in total. The van der Waals surface area contributed by atoms with Crippen molar-refractivity contribution in [1.29, 1.82) is 0 Å². The summed E-state index contributed by atoms with van der Waals surface area (Å²) in [5, 5.41) is 10.8. The molecule has 0 bridgehead atoms. The minimum absolute atomic E-state index is 0.00370. The van der Waals surface area contributed by atoms with Crippen LogP contribution in [-0.4, -0.2) is 35.0 Å². The van der Waals surface area contributed by atoms with E-state index in [2.05, 4.69) is 20.8 Å². The van der Waals surface area contributed by atoms with Crippen LogP contribution < -0.4 is 0 Å². The Balaban J connectivity index is 1.25. The number of fused-ring (bicyclic) bond motifs is 4. The molecule has 33 heavy (non-hydrogen) atoms. The van der Waals surface area contributed by atoms with Gasteiger partial charge in [0.2, 0.25) is 0 Å². The number of esters is 1. The van der Waals surface area contributed by atoms with Gasteiger partial charge in [0.1, 0.15) is 5.60 Å². The van der Waals surface area contributed by atoms with Gasteiger partial charge in [0.05, 0.1) is 18.3 Å². The molecule has 1 saturated heterocycles. The molecule has 10 atom stereocenters. The molecule has 0 amide bonds. The van der Waals surface area contributed by atoms with E-state index in [0.29, 0.717) is 34.2 Å². The van der Waals surface area contributed by atoms with Gasteiger partial charge in [-0.2, -0.15) is 0 Å². The van der Waals surface area contributed by atoms with Crippen LogP contribution in [0.3, 0.4) is 0 Å². The standard InChI is InChI=1S/C29H46O4/c1-17(30)33-26(4,5)24-10-8-19-21(32-24)15-20-18-7-9-22-25(2,3)23(31)11-12-29(22)16-28(18,29)14-13-27(19,20)6/h18-24,31H,7-16H2,1-6H3/t18?,19?,20?,21?,22?,23-,24?,27+,28?,29+/m0/s1. The highest BCUT2D eigenvalue weighted by Crippen LogP contribution is 2.87. The maximum Gasteiger partial charge on any atom is 0.303 e. The summed E-state index contributed by atoms with van der Waals surface area (Å²) in [6.07, 6.45) is 12.7. The lowest BCUT2D eigenvalue weighted by atomic mass is 9.46. The average molecular weight is 459 g/mol. The fourth-order valence-electron chi connectivity index (χ4n) is 11.2. The number of carbonyl (C=O) groups excluding carboxylic acids is 1. The maximum atomic E-state index is 11.7. The van der Waals surface area contributed by atoms with Gasteiger partial charge in [-0.1, -0.05) is 20.8 Å². The molecular weight excluding hydrogens is 412 g/mol. The fourth-order valence-corrected chi connectivity index (χ4v) is 11.2. The molecule has 6 rings (SSSR count). The molecule has 1 heterocycles. The molecule has 4 heteroatoms. The van der Waals surface area contributed by atoms with Crippen LogP contribution in [0.4, 0.5) is 0 Å². The number of aliphatic hydroxyl groups excluding tert-OH is 1. The smallest absolute Gasteiger partial charge is 0.303 e. The Labute approximate surface area is 200 Å². The Bertz CT molecular complexity index is 849. The molecule has 186 valence electrons. The third-order valence-corrected chi connectivity index (χ3v) is 12.7. The Morgan fingerprint density at radius 2 is 1.67 bits per heavy atom. The SMILES string of the molecule is CC(=O)OC(C)(C)C1CCC2C(CC3C4CCC5C(C)(C)[C@@H](O)CC[C@@]56CC46CC[C@]23C)O1. The highest BCUT2D eigenvalue weighted by molar-refractivity contribution is 5.66. The summed E-state index contributed by atoms with van der Waals surface area (Å²) in [5.74, 6) is 2.75. The van der Waals surface area contributed by atoms with Crippen molar-refractivity contribution in [2.24, 2.45) is 45.3 Å². The van der Waals surface area contributed by atoms with Crippen molar-refractivity contribution >= 4 is 5.97 Å². The molecule has 0 aromatic rings. The first-order chi connectivity index (χ1) is 15.4. The minimum Gasteiger partial charge on any atom is -0.457 e. The van der Waals surface area contributed by atoms with Crippen molar-refractivity contribution < 1.29 is 19.4 Å². The summed E-state index contributed by atoms with van der Waals surface area (Å²) in [4.78, 5) is 11.7. The summed E-state index contributed by atoms with van der Waals surface area (Å²) in [7, 11) is 0. The van der Waals surface area contributed by atoms with Gasteiger partial charge in [0.25, 0.3) is 0 Å². The van der Waals surface area contributed by atoms with Gasteiger partial charge in [-0.3, -0.25) is 4.79 Å². The molecule has 1 N–H and O–H groups in total. The van der Waals surface area contributed by atoms with Gasteiger partial charge in [-0.15, -0.1) is 0 Å². The highest BCUT2D eigenvalue weighted by Gasteiger charge is 2.80. The predicted molar refractivity (Wildman–Crippen MR) is 127 cm³/mol. The molecule has 0 aromatic carbocycles. The van der Waals surface area contributed by atoms with E-state index in [4.69, 9.17) is 9.47 Å². The van der Waals surface area contributed by atoms with E-state index in [1.54, 1.807) is 0 Å². The van der Waals surface area contributed by atoms with E-state index >= 15 is 0 Å². The normalized spacial score (nSPS) is 54.2. The van der Waals surface area contributed by atoms with Crippen LogP contribution in [0.15, 0.2) is 0 Å². The molecule has 6 fully saturated rings. The van der Waals surface area contributed by atoms with Gasteiger partial charge in [-0.25, -0.2) is 0 Å². The lowest BCUT2D eigenvalue weighted by Crippen LogP contribution is -2.54. The van der Waals surface area contributed by atoms with Crippen LogP contribution in [0.25, 0.3) is 0 Å². The second-order valence-corrected chi connectivity index (χ2v) is 14.5. The summed E-state index contributed by atoms with van der Waals surface area (Å²) in [6.45, 7) is 12.9. The van der Waals surface area contributed by atoms with Crippen molar-refractivity contribution in [2.45, 2.75) is 130 Å². The topological polar surface area (TPSA) is 55.8 Å². The van der Waals surface area contributed by atoms with E-state index in [9.17, 15) is 9.90 Å². The summed E-state index contributed by atoms with van der Waals surface area (Å²) < 4.78 is 12.5. The van der Waals surface area contributed by atoms with E-state index in [1.165, 1.54) is 58.3 Å².